The topological polar surface area (TPSA) is 137 Å². The first-order valence-electron chi connectivity index (χ1n) is 14.4. The van der Waals surface area contributed by atoms with Gasteiger partial charge in [-0.15, -0.1) is 0 Å². The molecule has 1 aliphatic heterocycles. The fourth-order valence-electron chi connectivity index (χ4n) is 6.93. The molecule has 2 fully saturated rings. The monoisotopic (exact) mass is 546 g/mol. The van der Waals surface area contributed by atoms with E-state index < -0.39 is 5.54 Å². The van der Waals surface area contributed by atoms with Crippen LogP contribution in [-0.4, -0.2) is 67.7 Å². The highest BCUT2D eigenvalue weighted by molar-refractivity contribution is 5.94. The van der Waals surface area contributed by atoms with Crippen LogP contribution in [0.4, 0.5) is 4.79 Å². The second kappa shape index (κ2) is 10.3. The number of aromatic nitrogens is 4. The number of hydrogen-bond acceptors (Lipinski definition) is 5. The Bertz CT molecular complexity index is 1410. The lowest BCUT2D eigenvalue weighted by molar-refractivity contribution is -0.130. The minimum Gasteiger partial charge on any atom is -0.357 e. The van der Waals surface area contributed by atoms with Gasteiger partial charge in [-0.2, -0.15) is 5.10 Å². The highest BCUT2D eigenvalue weighted by Gasteiger charge is 2.52. The summed E-state index contributed by atoms with van der Waals surface area (Å²) in [5, 5.41) is 13.2. The molecule has 4 N–H and O–H groups in total. The number of nitrogens with one attached hydrogen (secondary N) is 4. The molecular formula is C29H38N8O3. The van der Waals surface area contributed by atoms with Crippen molar-refractivity contribution in [1.29, 1.82) is 0 Å². The first-order chi connectivity index (χ1) is 19.3. The smallest absolute Gasteiger partial charge is 0.318 e. The number of hydrogen-bond donors (Lipinski definition) is 4. The van der Waals surface area contributed by atoms with E-state index in [9.17, 15) is 14.4 Å². The quantitative estimate of drug-likeness (QED) is 0.361. The number of H-pyrrole nitrogens is 1. The standard InChI is InChI=1S/C29H38N8O3/c1-4-20-16-37(28(40)32-20)29(27(39)30-2)14-18-12-21-22(13-19(18)15-29)34-25(33-21)24(17-8-6-5-7-9-17)35-26(38)23-10-11-31-36(23)3/h10-13,17,20,24H,4-9,14-16H2,1-3H3,(H,30,39)(H,32,40)(H,33,34)(H,35,38)/t20-,24+/m1/s1. The number of nitrogens with zero attached hydrogens (tertiary/aromatic N) is 4. The van der Waals surface area contributed by atoms with Gasteiger partial charge in [-0.3, -0.25) is 14.3 Å². The van der Waals surface area contributed by atoms with Crippen LogP contribution < -0.4 is 16.0 Å². The zero-order valence-electron chi connectivity index (χ0n) is 23.4. The Balaban J connectivity index is 1.32. The van der Waals surface area contributed by atoms with Gasteiger partial charge in [0.25, 0.3) is 5.91 Å². The minimum absolute atomic E-state index is 0.0369. The predicted octanol–water partition coefficient (Wildman–Crippen LogP) is 2.73. The number of aryl methyl sites for hydroxylation is 1. The van der Waals surface area contributed by atoms with Gasteiger partial charge in [0.15, 0.2) is 0 Å². The molecule has 0 radical (unpaired) electrons. The Hall–Kier alpha value is -3.89. The van der Waals surface area contributed by atoms with Crippen molar-refractivity contribution < 1.29 is 14.4 Å². The van der Waals surface area contributed by atoms with E-state index in [0.29, 0.717) is 31.0 Å². The molecule has 40 heavy (non-hydrogen) atoms. The van der Waals surface area contributed by atoms with Gasteiger partial charge in [0.1, 0.15) is 17.1 Å². The largest absolute Gasteiger partial charge is 0.357 e. The number of urea groups is 1. The Morgan fingerprint density at radius 1 is 1.18 bits per heavy atom. The summed E-state index contributed by atoms with van der Waals surface area (Å²) >= 11 is 0. The van der Waals surface area contributed by atoms with Crippen LogP contribution in [0.5, 0.6) is 0 Å². The van der Waals surface area contributed by atoms with E-state index in [1.165, 1.54) is 6.42 Å². The van der Waals surface area contributed by atoms with Crippen molar-refractivity contribution in [3.63, 3.8) is 0 Å². The lowest BCUT2D eigenvalue weighted by Gasteiger charge is -2.36. The van der Waals surface area contributed by atoms with Crippen LogP contribution in [-0.2, 0) is 24.7 Å². The molecule has 3 aromatic rings. The summed E-state index contributed by atoms with van der Waals surface area (Å²) in [5.74, 6) is 0.731. The maximum absolute atomic E-state index is 13.3. The van der Waals surface area contributed by atoms with E-state index in [1.54, 1.807) is 35.9 Å². The number of fused-ring (bicyclic) bond motifs is 2. The molecule has 11 nitrogen and oxygen atoms in total. The zero-order chi connectivity index (χ0) is 28.0. The molecule has 3 atom stereocenters. The summed E-state index contributed by atoms with van der Waals surface area (Å²) in [6.07, 6.45) is 8.89. The molecule has 212 valence electrons. The highest BCUT2D eigenvalue weighted by atomic mass is 16.2. The molecule has 3 heterocycles. The Morgan fingerprint density at radius 2 is 1.93 bits per heavy atom. The maximum Gasteiger partial charge on any atom is 0.318 e. The second-order valence-corrected chi connectivity index (χ2v) is 11.6. The van der Waals surface area contributed by atoms with E-state index in [4.69, 9.17) is 4.98 Å². The number of carbonyl (C=O) groups excluding carboxylic acids is 3. The number of aromatic amines is 1. The summed E-state index contributed by atoms with van der Waals surface area (Å²) in [7, 11) is 3.39. The van der Waals surface area contributed by atoms with E-state index >= 15 is 0 Å². The van der Waals surface area contributed by atoms with Crippen LogP contribution in [0, 0.1) is 5.92 Å². The number of carbonyl (C=O) groups is 3. The van der Waals surface area contributed by atoms with Crippen LogP contribution in [0.25, 0.3) is 11.0 Å². The Morgan fingerprint density at radius 3 is 2.58 bits per heavy atom. The fourth-order valence-corrected chi connectivity index (χ4v) is 6.93. The third-order valence-corrected chi connectivity index (χ3v) is 9.18. The van der Waals surface area contributed by atoms with E-state index in [2.05, 4.69) is 32.1 Å². The summed E-state index contributed by atoms with van der Waals surface area (Å²) < 4.78 is 1.58. The van der Waals surface area contributed by atoms with Crippen LogP contribution >= 0.6 is 0 Å². The third-order valence-electron chi connectivity index (χ3n) is 9.18. The molecule has 11 heteroatoms. The molecule has 1 unspecified atom stereocenters. The van der Waals surface area contributed by atoms with Gasteiger partial charge in [-0.25, -0.2) is 9.78 Å². The Labute approximate surface area is 233 Å². The maximum atomic E-state index is 13.3. The molecule has 1 saturated carbocycles. The number of rotatable bonds is 7. The van der Waals surface area contributed by atoms with Gasteiger partial charge in [0.2, 0.25) is 5.91 Å². The lowest BCUT2D eigenvalue weighted by Crippen LogP contribution is -2.60. The van der Waals surface area contributed by atoms with Gasteiger partial charge in [-0.05, 0) is 54.5 Å². The van der Waals surface area contributed by atoms with Gasteiger partial charge in [0, 0.05) is 45.7 Å². The number of imidazole rings is 1. The molecule has 3 aliphatic rings. The molecule has 1 aromatic carbocycles. The summed E-state index contributed by atoms with van der Waals surface area (Å²) in [6, 6.07) is 5.44. The number of likely N-dealkylation sites (N-methyl/N-ethyl adjacent to an activating group) is 1. The second-order valence-electron chi connectivity index (χ2n) is 11.6. The normalized spacial score (nSPS) is 21.3. The molecule has 4 amide bonds. The van der Waals surface area contributed by atoms with Gasteiger partial charge in [0.05, 0.1) is 17.1 Å². The van der Waals surface area contributed by atoms with Crippen LogP contribution in [0.1, 0.15) is 78.9 Å². The number of amides is 4. The predicted molar refractivity (Wildman–Crippen MR) is 150 cm³/mol. The fraction of sp³-hybridized carbons (Fsp3) is 0.552. The average Bonchev–Trinajstić information content (AvgIpc) is 3.74. The Kier molecular flexibility index (Phi) is 6.75. The van der Waals surface area contributed by atoms with E-state index in [-0.39, 0.29) is 29.9 Å². The van der Waals surface area contributed by atoms with Gasteiger partial charge in [-0.1, -0.05) is 26.2 Å². The summed E-state index contributed by atoms with van der Waals surface area (Å²) in [5.41, 5.74) is 3.28. The van der Waals surface area contributed by atoms with E-state index in [1.807, 2.05) is 13.0 Å². The molecule has 2 aromatic heterocycles. The van der Waals surface area contributed by atoms with Crippen molar-refractivity contribution in [2.45, 2.75) is 75.9 Å². The van der Waals surface area contributed by atoms with Crippen molar-refractivity contribution >= 4 is 28.9 Å². The van der Waals surface area contributed by atoms with Crippen molar-refractivity contribution in [1.82, 2.24) is 40.6 Å². The summed E-state index contributed by atoms with van der Waals surface area (Å²) in [6.45, 7) is 2.55. The lowest BCUT2D eigenvalue weighted by atomic mass is 9.83. The molecule has 6 rings (SSSR count). The van der Waals surface area contributed by atoms with Gasteiger partial charge < -0.3 is 25.8 Å². The van der Waals surface area contributed by atoms with Crippen LogP contribution in [0.15, 0.2) is 24.4 Å². The third kappa shape index (κ3) is 4.41. The molecule has 0 spiro atoms. The summed E-state index contributed by atoms with van der Waals surface area (Å²) in [4.78, 5) is 49.7. The average molecular weight is 547 g/mol. The minimum atomic E-state index is -0.964. The molecular weight excluding hydrogens is 508 g/mol. The molecule has 1 saturated heterocycles. The van der Waals surface area contributed by atoms with Crippen LogP contribution in [0.2, 0.25) is 0 Å². The van der Waals surface area contributed by atoms with E-state index in [0.717, 1.165) is 60.1 Å². The zero-order valence-corrected chi connectivity index (χ0v) is 23.4. The van der Waals surface area contributed by atoms with Crippen molar-refractivity contribution in [3.05, 3.63) is 47.0 Å². The van der Waals surface area contributed by atoms with Crippen molar-refractivity contribution in [2.24, 2.45) is 13.0 Å². The van der Waals surface area contributed by atoms with Crippen molar-refractivity contribution in [3.8, 4) is 0 Å². The number of benzene rings is 1. The SMILES string of the molecule is CC[C@@H]1CN(C2(C(=O)NC)Cc3cc4nc([C@@H](NC(=O)c5ccnn5C)C5CCCCC5)[nH]c4cc3C2)C(=O)N1. The van der Waals surface area contributed by atoms with Gasteiger partial charge >= 0.3 is 6.03 Å². The first kappa shape index (κ1) is 26.3. The van der Waals surface area contributed by atoms with Crippen LogP contribution in [0.3, 0.4) is 0 Å². The molecule has 0 bridgehead atoms. The highest BCUT2D eigenvalue weighted by Crippen LogP contribution is 2.40. The molecule has 2 aliphatic carbocycles. The van der Waals surface area contributed by atoms with Crippen molar-refractivity contribution in [2.75, 3.05) is 13.6 Å². The first-order valence-corrected chi connectivity index (χ1v) is 14.4.